The smallest absolute Gasteiger partial charge is 0.132 e. The molecule has 0 aromatic carbocycles. The van der Waals surface area contributed by atoms with Gasteiger partial charge in [0.2, 0.25) is 0 Å². The van der Waals surface area contributed by atoms with E-state index in [0.717, 1.165) is 0 Å². The molecule has 0 aliphatic rings. The van der Waals surface area contributed by atoms with Crippen LogP contribution in [0.25, 0.3) is 10.4 Å². The first kappa shape index (κ1) is 11.7. The van der Waals surface area contributed by atoms with E-state index in [-0.39, 0.29) is 0 Å². The van der Waals surface area contributed by atoms with Crippen molar-refractivity contribution >= 4 is 23.2 Å². The van der Waals surface area contributed by atoms with Gasteiger partial charge in [-0.1, -0.05) is 40.2 Å². The van der Waals surface area contributed by atoms with Crippen LogP contribution in [0.15, 0.2) is 17.2 Å². The fourth-order valence-electron chi connectivity index (χ4n) is 0.852. The van der Waals surface area contributed by atoms with Crippen LogP contribution < -0.4 is 0 Å². The predicted octanol–water partition coefficient (Wildman–Crippen LogP) is 3.44. The average Bonchev–Trinajstić information content (AvgIpc) is 2.16. The van der Waals surface area contributed by atoms with E-state index in [0.29, 0.717) is 28.8 Å². The SMILES string of the molecule is [N-]=[N+]=NCCC#Cc1cc(Cl)nc(Cl)c1. The van der Waals surface area contributed by atoms with Crippen LogP contribution in [0, 0.1) is 11.8 Å². The molecule has 0 amide bonds. The quantitative estimate of drug-likeness (QED) is 0.195. The molecule has 0 aliphatic heterocycles. The van der Waals surface area contributed by atoms with Crippen molar-refractivity contribution in [3.05, 3.63) is 38.4 Å². The van der Waals surface area contributed by atoms with Gasteiger partial charge in [-0.15, -0.1) is 0 Å². The van der Waals surface area contributed by atoms with Gasteiger partial charge in [0.1, 0.15) is 10.3 Å². The molecule has 0 saturated carbocycles. The van der Waals surface area contributed by atoms with Crippen molar-refractivity contribution in [2.45, 2.75) is 6.42 Å². The van der Waals surface area contributed by atoms with Gasteiger partial charge in [-0.2, -0.15) is 0 Å². The van der Waals surface area contributed by atoms with E-state index >= 15 is 0 Å². The van der Waals surface area contributed by atoms with Crippen LogP contribution in [-0.4, -0.2) is 11.5 Å². The summed E-state index contributed by atoms with van der Waals surface area (Å²) in [5.74, 6) is 5.67. The fraction of sp³-hybridized carbons (Fsp3) is 0.222. The largest absolute Gasteiger partial charge is 0.224 e. The van der Waals surface area contributed by atoms with E-state index in [2.05, 4.69) is 26.9 Å². The third kappa shape index (κ3) is 4.57. The van der Waals surface area contributed by atoms with Crippen LogP contribution >= 0.6 is 23.2 Å². The van der Waals surface area contributed by atoms with Gasteiger partial charge in [-0.05, 0) is 17.7 Å². The predicted molar refractivity (Wildman–Crippen MR) is 59.8 cm³/mol. The van der Waals surface area contributed by atoms with Crippen LogP contribution in [0.1, 0.15) is 12.0 Å². The Morgan fingerprint density at radius 3 is 2.67 bits per heavy atom. The summed E-state index contributed by atoms with van der Waals surface area (Å²) in [7, 11) is 0. The molecule has 1 rings (SSSR count). The van der Waals surface area contributed by atoms with Gasteiger partial charge in [0.05, 0.1) is 0 Å². The molecule has 1 heterocycles. The second-order valence-electron chi connectivity index (χ2n) is 2.51. The van der Waals surface area contributed by atoms with E-state index in [4.69, 9.17) is 28.7 Å². The molecule has 0 N–H and O–H groups in total. The van der Waals surface area contributed by atoms with E-state index in [1.165, 1.54) is 0 Å². The zero-order valence-electron chi connectivity index (χ0n) is 7.61. The number of aromatic nitrogens is 1. The van der Waals surface area contributed by atoms with E-state index in [9.17, 15) is 0 Å². The summed E-state index contributed by atoms with van der Waals surface area (Å²) >= 11 is 11.4. The summed E-state index contributed by atoms with van der Waals surface area (Å²) in [5, 5.41) is 3.97. The molecule has 0 saturated heterocycles. The summed E-state index contributed by atoms with van der Waals surface area (Å²) in [6.45, 7) is 0.357. The van der Waals surface area contributed by atoms with Crippen LogP contribution in [0.3, 0.4) is 0 Å². The number of hydrogen-bond donors (Lipinski definition) is 0. The van der Waals surface area contributed by atoms with Crippen LogP contribution in [0.2, 0.25) is 10.3 Å². The lowest BCUT2D eigenvalue weighted by Gasteiger charge is -1.93. The third-order valence-corrected chi connectivity index (χ3v) is 1.78. The highest BCUT2D eigenvalue weighted by molar-refractivity contribution is 6.32. The lowest BCUT2D eigenvalue weighted by molar-refractivity contribution is 1.01. The first-order chi connectivity index (χ1) is 7.22. The maximum absolute atomic E-state index is 8.02. The molecule has 1 aromatic rings. The zero-order valence-corrected chi connectivity index (χ0v) is 9.13. The first-order valence-electron chi connectivity index (χ1n) is 4.05. The first-order valence-corrected chi connectivity index (χ1v) is 4.81. The standard InChI is InChI=1S/C9H6Cl2N4/c10-8-5-7(6-9(11)14-8)3-1-2-4-13-15-12/h5-6H,2,4H2. The van der Waals surface area contributed by atoms with Crippen molar-refractivity contribution in [1.29, 1.82) is 0 Å². The topological polar surface area (TPSA) is 61.7 Å². The molecule has 1 aromatic heterocycles. The van der Waals surface area contributed by atoms with Gasteiger partial charge in [0, 0.05) is 23.4 Å². The Balaban J connectivity index is 2.67. The number of pyridine rings is 1. The van der Waals surface area contributed by atoms with Crippen LogP contribution in [0.5, 0.6) is 0 Å². The van der Waals surface area contributed by atoms with Crippen molar-refractivity contribution < 1.29 is 0 Å². The van der Waals surface area contributed by atoms with Crippen LogP contribution in [-0.2, 0) is 0 Å². The molecular weight excluding hydrogens is 235 g/mol. The molecule has 0 spiro atoms. The molecular formula is C9H6Cl2N4. The summed E-state index contributed by atoms with van der Waals surface area (Å²) < 4.78 is 0. The molecule has 0 unspecified atom stereocenters. The minimum absolute atomic E-state index is 0.307. The summed E-state index contributed by atoms with van der Waals surface area (Å²) in [6, 6.07) is 3.24. The average molecular weight is 241 g/mol. The van der Waals surface area contributed by atoms with Gasteiger partial charge in [0.25, 0.3) is 0 Å². The highest BCUT2D eigenvalue weighted by atomic mass is 35.5. The Labute approximate surface area is 96.9 Å². The maximum atomic E-state index is 8.02. The van der Waals surface area contributed by atoms with Crippen molar-refractivity contribution in [3.8, 4) is 11.8 Å². The number of hydrogen-bond acceptors (Lipinski definition) is 2. The Morgan fingerprint density at radius 1 is 1.40 bits per heavy atom. The monoisotopic (exact) mass is 240 g/mol. The van der Waals surface area contributed by atoms with Crippen molar-refractivity contribution in [3.63, 3.8) is 0 Å². The Morgan fingerprint density at radius 2 is 2.07 bits per heavy atom. The highest BCUT2D eigenvalue weighted by Gasteiger charge is 1.95. The Bertz CT molecular complexity index is 435. The van der Waals surface area contributed by atoms with Crippen LogP contribution in [0.4, 0.5) is 0 Å². The molecule has 0 atom stereocenters. The zero-order chi connectivity index (χ0) is 11.1. The molecule has 6 heteroatoms. The van der Waals surface area contributed by atoms with E-state index in [1.54, 1.807) is 12.1 Å². The van der Waals surface area contributed by atoms with Crippen molar-refractivity contribution in [1.82, 2.24) is 4.98 Å². The number of halogens is 2. The normalized spacial score (nSPS) is 8.67. The third-order valence-electron chi connectivity index (χ3n) is 1.40. The molecule has 0 radical (unpaired) electrons. The highest BCUT2D eigenvalue weighted by Crippen LogP contribution is 2.13. The van der Waals surface area contributed by atoms with Gasteiger partial charge >= 0.3 is 0 Å². The Hall–Kier alpha value is -1.40. The lowest BCUT2D eigenvalue weighted by Crippen LogP contribution is -1.81. The molecule has 76 valence electrons. The second kappa shape index (κ2) is 6.15. The molecule has 0 aliphatic carbocycles. The fourth-order valence-corrected chi connectivity index (χ4v) is 1.31. The van der Waals surface area contributed by atoms with Crippen molar-refractivity contribution in [2.75, 3.05) is 6.54 Å². The van der Waals surface area contributed by atoms with Crippen molar-refractivity contribution in [2.24, 2.45) is 5.11 Å². The van der Waals surface area contributed by atoms with Gasteiger partial charge < -0.3 is 0 Å². The number of rotatable bonds is 2. The maximum Gasteiger partial charge on any atom is 0.132 e. The molecule has 0 fully saturated rings. The second-order valence-corrected chi connectivity index (χ2v) is 3.28. The van der Waals surface area contributed by atoms with Gasteiger partial charge in [-0.3, -0.25) is 0 Å². The summed E-state index contributed by atoms with van der Waals surface area (Å²) in [4.78, 5) is 6.40. The lowest BCUT2D eigenvalue weighted by atomic mass is 10.2. The minimum Gasteiger partial charge on any atom is -0.224 e. The van der Waals surface area contributed by atoms with E-state index < -0.39 is 0 Å². The number of nitrogens with zero attached hydrogens (tertiary/aromatic N) is 4. The summed E-state index contributed by atoms with van der Waals surface area (Å²) in [5.41, 5.74) is 8.72. The minimum atomic E-state index is 0.307. The molecule has 15 heavy (non-hydrogen) atoms. The summed E-state index contributed by atoms with van der Waals surface area (Å²) in [6.07, 6.45) is 0.502. The van der Waals surface area contributed by atoms with E-state index in [1.807, 2.05) is 0 Å². The molecule has 4 nitrogen and oxygen atoms in total. The van der Waals surface area contributed by atoms with Gasteiger partial charge in [0.15, 0.2) is 0 Å². The number of azide groups is 1. The van der Waals surface area contributed by atoms with Gasteiger partial charge in [-0.25, -0.2) is 4.98 Å². The molecule has 0 bridgehead atoms. The Kier molecular flexibility index (Phi) is 4.79.